The molecule has 0 saturated heterocycles. The fourth-order valence-corrected chi connectivity index (χ4v) is 1.58. The fraction of sp³-hybridized carbons (Fsp3) is 0.364. The quantitative estimate of drug-likeness (QED) is 0.452. The van der Waals surface area contributed by atoms with Gasteiger partial charge in [-0.3, -0.25) is 0 Å². The molecule has 1 aromatic rings. The van der Waals surface area contributed by atoms with E-state index < -0.39 is 18.2 Å². The third kappa shape index (κ3) is 2.94. The minimum Gasteiger partial charge on any atom is -0.478 e. The lowest BCUT2D eigenvalue weighted by Gasteiger charge is -2.20. The summed E-state index contributed by atoms with van der Waals surface area (Å²) in [6.07, 6.45) is -2.76. The molecule has 1 aromatic carbocycles. The summed E-state index contributed by atoms with van der Waals surface area (Å²) in [5.74, 6) is -1.23. The van der Waals surface area contributed by atoms with Gasteiger partial charge in [0, 0.05) is 17.9 Å². The summed E-state index contributed by atoms with van der Waals surface area (Å²) in [6.45, 7) is -0.312. The maximum atomic E-state index is 11.0. The number of benzene rings is 1. The normalized spacial score (nSPS) is 14.3. The van der Waals surface area contributed by atoms with Gasteiger partial charge in [0.25, 0.3) is 0 Å². The van der Waals surface area contributed by atoms with Crippen molar-refractivity contribution in [2.45, 2.75) is 18.6 Å². The van der Waals surface area contributed by atoms with Crippen LogP contribution in [0.2, 0.25) is 0 Å². The van der Waals surface area contributed by atoms with Crippen LogP contribution in [0.5, 0.6) is 0 Å². The molecule has 94 valence electrons. The van der Waals surface area contributed by atoms with Crippen molar-refractivity contribution in [3.63, 3.8) is 0 Å². The second-order valence-corrected chi connectivity index (χ2v) is 3.64. The Morgan fingerprint density at radius 1 is 1.35 bits per heavy atom. The van der Waals surface area contributed by atoms with Gasteiger partial charge >= 0.3 is 5.97 Å². The number of aliphatic hydroxyl groups is 3. The minimum atomic E-state index is -1.44. The molecule has 0 amide bonds. The van der Waals surface area contributed by atoms with Crippen molar-refractivity contribution < 1.29 is 25.2 Å². The molecule has 0 aliphatic heterocycles. The summed E-state index contributed by atoms with van der Waals surface area (Å²) in [5.41, 5.74) is 5.50. The van der Waals surface area contributed by atoms with Crippen LogP contribution in [-0.2, 0) is 0 Å². The first-order valence-electron chi connectivity index (χ1n) is 5.07. The van der Waals surface area contributed by atoms with E-state index in [-0.39, 0.29) is 29.8 Å². The topological polar surface area (TPSA) is 124 Å². The number of aliphatic hydroxyl groups excluding tert-OH is 3. The first-order valence-corrected chi connectivity index (χ1v) is 5.07. The lowest BCUT2D eigenvalue weighted by molar-refractivity contribution is 0.00390. The van der Waals surface area contributed by atoms with E-state index in [9.17, 15) is 15.0 Å². The molecular weight excluding hydrogens is 226 g/mol. The van der Waals surface area contributed by atoms with Gasteiger partial charge in [0.15, 0.2) is 0 Å². The molecule has 1 rings (SSSR count). The standard InChI is InChI=1S/C11H15NO5/c12-7-3-1-2-6(11(16)17)9(7)10(15)8(14)4-5-13/h1-3,8,10,13-15H,4-5,12H2,(H,16,17). The highest BCUT2D eigenvalue weighted by atomic mass is 16.4. The van der Waals surface area contributed by atoms with Gasteiger partial charge in [-0.05, 0) is 18.6 Å². The lowest BCUT2D eigenvalue weighted by atomic mass is 9.95. The summed E-state index contributed by atoms with van der Waals surface area (Å²) in [6, 6.07) is 4.19. The van der Waals surface area contributed by atoms with E-state index in [1.807, 2.05) is 0 Å². The van der Waals surface area contributed by atoms with E-state index in [0.29, 0.717) is 0 Å². The average molecular weight is 241 g/mol. The van der Waals surface area contributed by atoms with Crippen LogP contribution in [-0.4, -0.2) is 39.1 Å². The molecular formula is C11H15NO5. The highest BCUT2D eigenvalue weighted by Gasteiger charge is 2.25. The Morgan fingerprint density at radius 2 is 2.00 bits per heavy atom. The number of rotatable bonds is 5. The van der Waals surface area contributed by atoms with E-state index in [1.54, 1.807) is 0 Å². The largest absolute Gasteiger partial charge is 0.478 e. The second kappa shape index (κ2) is 5.62. The van der Waals surface area contributed by atoms with Gasteiger partial charge in [-0.2, -0.15) is 0 Å². The maximum absolute atomic E-state index is 11.0. The van der Waals surface area contributed by atoms with Gasteiger partial charge in [-0.25, -0.2) is 4.79 Å². The zero-order valence-electron chi connectivity index (χ0n) is 9.08. The Morgan fingerprint density at radius 3 is 2.53 bits per heavy atom. The number of nitrogen functional groups attached to an aromatic ring is 1. The molecule has 0 radical (unpaired) electrons. The van der Waals surface area contributed by atoms with Crippen molar-refractivity contribution in [2.75, 3.05) is 12.3 Å². The van der Waals surface area contributed by atoms with Crippen LogP contribution >= 0.6 is 0 Å². The smallest absolute Gasteiger partial charge is 0.336 e. The first kappa shape index (κ1) is 13.4. The molecule has 0 aliphatic carbocycles. The minimum absolute atomic E-state index is 0.0269. The zero-order chi connectivity index (χ0) is 13.0. The molecule has 17 heavy (non-hydrogen) atoms. The van der Waals surface area contributed by atoms with Crippen LogP contribution in [0, 0.1) is 0 Å². The van der Waals surface area contributed by atoms with Gasteiger partial charge < -0.3 is 26.2 Å². The molecule has 0 bridgehead atoms. The number of hydrogen-bond donors (Lipinski definition) is 5. The molecule has 2 unspecified atom stereocenters. The molecule has 2 atom stereocenters. The number of aromatic carboxylic acids is 1. The van der Waals surface area contributed by atoms with Crippen LogP contribution in [0.1, 0.15) is 28.4 Å². The molecule has 0 saturated carbocycles. The Labute approximate surface area is 97.9 Å². The van der Waals surface area contributed by atoms with E-state index in [2.05, 4.69) is 0 Å². The van der Waals surface area contributed by atoms with E-state index in [1.165, 1.54) is 18.2 Å². The van der Waals surface area contributed by atoms with Gasteiger partial charge in [0.1, 0.15) is 6.10 Å². The molecule has 0 fully saturated rings. The molecule has 0 aliphatic rings. The zero-order valence-corrected chi connectivity index (χ0v) is 9.08. The van der Waals surface area contributed by atoms with Gasteiger partial charge in [0.2, 0.25) is 0 Å². The van der Waals surface area contributed by atoms with Crippen LogP contribution < -0.4 is 5.73 Å². The van der Waals surface area contributed by atoms with Crippen molar-refractivity contribution in [2.24, 2.45) is 0 Å². The summed E-state index contributed by atoms with van der Waals surface area (Å²) in [7, 11) is 0. The van der Waals surface area contributed by atoms with Crippen LogP contribution in [0.3, 0.4) is 0 Å². The highest BCUT2D eigenvalue weighted by molar-refractivity contribution is 5.91. The van der Waals surface area contributed by atoms with Crippen molar-refractivity contribution in [1.82, 2.24) is 0 Å². The number of carboxylic acids is 1. The van der Waals surface area contributed by atoms with Crippen LogP contribution in [0.25, 0.3) is 0 Å². The van der Waals surface area contributed by atoms with E-state index in [0.717, 1.165) is 0 Å². The Bertz CT molecular complexity index is 407. The molecule has 6 nitrogen and oxygen atoms in total. The summed E-state index contributed by atoms with van der Waals surface area (Å²) >= 11 is 0. The summed E-state index contributed by atoms with van der Waals surface area (Å²) in [4.78, 5) is 11.0. The average Bonchev–Trinajstić information content (AvgIpc) is 2.28. The molecule has 0 aromatic heterocycles. The van der Waals surface area contributed by atoms with Gasteiger partial charge in [-0.15, -0.1) is 0 Å². The Kier molecular flexibility index (Phi) is 4.45. The highest BCUT2D eigenvalue weighted by Crippen LogP contribution is 2.28. The predicted octanol–water partition coefficient (Wildman–Crippen LogP) is -0.256. The Hall–Kier alpha value is -1.63. The number of carbonyl (C=O) groups is 1. The SMILES string of the molecule is Nc1cccc(C(=O)O)c1C(O)C(O)CCO. The van der Waals surface area contributed by atoms with Crippen LogP contribution in [0.4, 0.5) is 5.69 Å². The van der Waals surface area contributed by atoms with Crippen molar-refractivity contribution in [1.29, 1.82) is 0 Å². The van der Waals surface area contributed by atoms with Gasteiger partial charge in [0.05, 0.1) is 11.7 Å². The summed E-state index contributed by atoms with van der Waals surface area (Å²) in [5, 5.41) is 37.0. The molecule has 0 spiro atoms. The fourth-order valence-electron chi connectivity index (χ4n) is 1.58. The lowest BCUT2D eigenvalue weighted by Crippen LogP contribution is -2.23. The van der Waals surface area contributed by atoms with Crippen molar-refractivity contribution in [3.8, 4) is 0 Å². The van der Waals surface area contributed by atoms with Crippen LogP contribution in [0.15, 0.2) is 18.2 Å². The molecule has 0 heterocycles. The molecule has 6 heteroatoms. The third-order valence-corrected chi connectivity index (χ3v) is 2.46. The number of anilines is 1. The number of carboxylic acid groups (broad SMARTS) is 1. The first-order chi connectivity index (χ1) is 7.99. The summed E-state index contributed by atoms with van der Waals surface area (Å²) < 4.78 is 0. The predicted molar refractivity (Wildman–Crippen MR) is 60.5 cm³/mol. The number of hydrogen-bond acceptors (Lipinski definition) is 5. The second-order valence-electron chi connectivity index (χ2n) is 3.64. The van der Waals surface area contributed by atoms with E-state index >= 15 is 0 Å². The monoisotopic (exact) mass is 241 g/mol. The van der Waals surface area contributed by atoms with E-state index in [4.69, 9.17) is 15.9 Å². The molecule has 6 N–H and O–H groups in total. The maximum Gasteiger partial charge on any atom is 0.336 e. The van der Waals surface area contributed by atoms with Gasteiger partial charge in [-0.1, -0.05) is 6.07 Å². The Balaban J connectivity index is 3.15. The third-order valence-electron chi connectivity index (χ3n) is 2.46. The van der Waals surface area contributed by atoms with Crippen molar-refractivity contribution in [3.05, 3.63) is 29.3 Å². The number of nitrogens with two attached hydrogens (primary N) is 1. The van der Waals surface area contributed by atoms with Crippen molar-refractivity contribution >= 4 is 11.7 Å².